The lowest BCUT2D eigenvalue weighted by Gasteiger charge is -2.10. The lowest BCUT2D eigenvalue weighted by molar-refractivity contribution is -0.112. The topological polar surface area (TPSA) is 96.3 Å². The van der Waals surface area contributed by atoms with Crippen LogP contribution < -0.4 is 9.50 Å². The Bertz CT molecular complexity index is 1300. The van der Waals surface area contributed by atoms with Crippen LogP contribution in [0.15, 0.2) is 83.3 Å². The maximum atomic E-state index is 12.6. The maximum absolute atomic E-state index is 12.6. The fraction of sp³-hybridized carbons (Fsp3) is 0. The van der Waals surface area contributed by atoms with Crippen molar-refractivity contribution in [2.45, 2.75) is 4.90 Å². The summed E-state index contributed by atoms with van der Waals surface area (Å²) in [6.45, 7) is 0. The Kier molecular flexibility index (Phi) is 6.98. The van der Waals surface area contributed by atoms with Gasteiger partial charge in [0.1, 0.15) is 22.3 Å². The van der Waals surface area contributed by atoms with Crippen LogP contribution in [0.2, 0.25) is 10.0 Å². The van der Waals surface area contributed by atoms with Gasteiger partial charge in [0.2, 0.25) is 0 Å². The van der Waals surface area contributed by atoms with Crippen molar-refractivity contribution >= 4 is 51.0 Å². The molecule has 0 aliphatic rings. The summed E-state index contributed by atoms with van der Waals surface area (Å²) < 4.78 is 30.4. The third kappa shape index (κ3) is 5.64. The van der Waals surface area contributed by atoms with E-state index in [1.54, 1.807) is 42.5 Å². The van der Waals surface area contributed by atoms with Gasteiger partial charge in [-0.1, -0.05) is 53.5 Å². The predicted octanol–water partition coefficient (Wildman–Crippen LogP) is 5.31. The minimum atomic E-state index is -4.16. The molecule has 0 heterocycles. The van der Waals surface area contributed by atoms with Crippen LogP contribution in [0.3, 0.4) is 0 Å². The number of carbonyl (C=O) groups excluding carboxylic acids is 1. The van der Waals surface area contributed by atoms with Gasteiger partial charge in [-0.2, -0.15) is 13.7 Å². The normalized spacial score (nSPS) is 11.5. The second kappa shape index (κ2) is 9.67. The molecule has 3 rings (SSSR count). The predicted molar refractivity (Wildman–Crippen MR) is 119 cm³/mol. The van der Waals surface area contributed by atoms with Gasteiger partial charge >= 0.3 is 10.1 Å². The zero-order chi connectivity index (χ0) is 22.4. The third-order valence-electron chi connectivity index (χ3n) is 4.01. The zero-order valence-electron chi connectivity index (χ0n) is 15.7. The smallest absolute Gasteiger partial charge is 0.339 e. The van der Waals surface area contributed by atoms with Crippen LogP contribution in [0, 0.1) is 11.3 Å². The van der Waals surface area contributed by atoms with Crippen LogP contribution in [0.25, 0.3) is 6.08 Å². The summed E-state index contributed by atoms with van der Waals surface area (Å²) in [4.78, 5) is 12.4. The molecular weight excluding hydrogens is 459 g/mol. The molecule has 1 N–H and O–H groups in total. The molecule has 0 bridgehead atoms. The molecule has 0 aromatic heterocycles. The molecule has 0 atom stereocenters. The molecule has 6 nitrogen and oxygen atoms in total. The quantitative estimate of drug-likeness (QED) is 0.298. The largest absolute Gasteiger partial charge is 0.378 e. The highest BCUT2D eigenvalue weighted by atomic mass is 35.5. The molecule has 0 spiro atoms. The number of amides is 1. The number of rotatable bonds is 6. The summed E-state index contributed by atoms with van der Waals surface area (Å²) in [6, 6.07) is 20.0. The maximum Gasteiger partial charge on any atom is 0.339 e. The van der Waals surface area contributed by atoms with Gasteiger partial charge in [-0.15, -0.1) is 0 Å². The number of carbonyl (C=O) groups is 1. The number of para-hydroxylation sites is 2. The van der Waals surface area contributed by atoms with Crippen LogP contribution >= 0.6 is 23.2 Å². The summed E-state index contributed by atoms with van der Waals surface area (Å²) in [6.07, 6.45) is 1.24. The number of anilines is 1. The van der Waals surface area contributed by atoms with E-state index in [0.29, 0.717) is 15.7 Å². The van der Waals surface area contributed by atoms with Gasteiger partial charge in [0.15, 0.2) is 0 Å². The van der Waals surface area contributed by atoms with Gasteiger partial charge in [0.05, 0.1) is 10.7 Å². The highest BCUT2D eigenvalue weighted by Gasteiger charge is 2.19. The monoisotopic (exact) mass is 472 g/mol. The standard InChI is InChI=1S/C22H14Cl2N2O4S/c23-17-9-11-18(12-10-17)31(28,29)30-21-8-4-1-5-15(21)13-16(14-25)22(27)26-20-7-3-2-6-19(20)24/h1-13H,(H,26,27)/b16-13+. The third-order valence-corrected chi connectivity index (χ3v) is 5.84. The van der Waals surface area contributed by atoms with E-state index >= 15 is 0 Å². The molecule has 0 fully saturated rings. The Hall–Kier alpha value is -3.31. The Labute approximate surface area is 189 Å². The van der Waals surface area contributed by atoms with E-state index < -0.39 is 16.0 Å². The second-order valence-corrected chi connectivity index (χ2v) is 8.52. The highest BCUT2D eigenvalue weighted by molar-refractivity contribution is 7.87. The molecule has 0 aliphatic heterocycles. The second-order valence-electron chi connectivity index (χ2n) is 6.13. The molecule has 0 unspecified atom stereocenters. The number of nitrogens with one attached hydrogen (secondary N) is 1. The first kappa shape index (κ1) is 22.4. The first-order valence-corrected chi connectivity index (χ1v) is 10.9. The minimum Gasteiger partial charge on any atom is -0.378 e. The molecule has 31 heavy (non-hydrogen) atoms. The van der Waals surface area contributed by atoms with E-state index in [1.807, 2.05) is 0 Å². The van der Waals surface area contributed by atoms with Crippen molar-refractivity contribution in [3.63, 3.8) is 0 Å². The summed E-state index contributed by atoms with van der Waals surface area (Å²) in [5.74, 6) is -0.748. The van der Waals surface area contributed by atoms with Crippen LogP contribution in [0.1, 0.15) is 5.56 Å². The van der Waals surface area contributed by atoms with Crippen molar-refractivity contribution < 1.29 is 17.4 Å². The summed E-state index contributed by atoms with van der Waals surface area (Å²) in [5, 5.41) is 12.7. The van der Waals surface area contributed by atoms with Crippen LogP contribution in [0.4, 0.5) is 5.69 Å². The van der Waals surface area contributed by atoms with Crippen LogP contribution in [0.5, 0.6) is 5.75 Å². The number of hydrogen-bond acceptors (Lipinski definition) is 5. The summed E-state index contributed by atoms with van der Waals surface area (Å²) in [7, 11) is -4.16. The fourth-order valence-corrected chi connectivity index (χ4v) is 3.76. The SMILES string of the molecule is N#C/C(=C\c1ccccc1OS(=O)(=O)c1ccc(Cl)cc1)C(=O)Nc1ccccc1Cl. The Morgan fingerprint density at radius 2 is 1.61 bits per heavy atom. The number of nitrogens with zero attached hydrogens (tertiary/aromatic N) is 1. The molecule has 3 aromatic rings. The Morgan fingerprint density at radius 1 is 0.968 bits per heavy atom. The molecule has 3 aromatic carbocycles. The van der Waals surface area contributed by atoms with E-state index in [0.717, 1.165) is 0 Å². The Morgan fingerprint density at radius 3 is 2.29 bits per heavy atom. The van der Waals surface area contributed by atoms with Crippen molar-refractivity contribution in [2.24, 2.45) is 0 Å². The lowest BCUT2D eigenvalue weighted by Crippen LogP contribution is -2.14. The van der Waals surface area contributed by atoms with E-state index in [9.17, 15) is 18.5 Å². The van der Waals surface area contributed by atoms with Crippen LogP contribution in [-0.2, 0) is 14.9 Å². The number of benzene rings is 3. The molecule has 156 valence electrons. The van der Waals surface area contributed by atoms with Gasteiger partial charge in [-0.3, -0.25) is 4.79 Å². The Balaban J connectivity index is 1.90. The first-order valence-electron chi connectivity index (χ1n) is 8.77. The average molecular weight is 473 g/mol. The number of nitriles is 1. The average Bonchev–Trinajstić information content (AvgIpc) is 2.74. The molecular formula is C22H14Cl2N2O4S. The van der Waals surface area contributed by atoms with E-state index in [4.69, 9.17) is 27.4 Å². The van der Waals surface area contributed by atoms with Gasteiger partial charge < -0.3 is 9.50 Å². The number of halogens is 2. The molecule has 9 heteroatoms. The molecule has 0 radical (unpaired) electrons. The van der Waals surface area contributed by atoms with Crippen molar-refractivity contribution in [2.75, 3.05) is 5.32 Å². The van der Waals surface area contributed by atoms with E-state index in [-0.39, 0.29) is 21.8 Å². The van der Waals surface area contributed by atoms with Crippen molar-refractivity contribution in [1.29, 1.82) is 5.26 Å². The molecule has 0 saturated heterocycles. The highest BCUT2D eigenvalue weighted by Crippen LogP contribution is 2.26. The van der Waals surface area contributed by atoms with Crippen molar-refractivity contribution in [3.8, 4) is 11.8 Å². The molecule has 1 amide bonds. The van der Waals surface area contributed by atoms with Gasteiger partial charge in [0, 0.05) is 10.6 Å². The number of hydrogen-bond donors (Lipinski definition) is 1. The van der Waals surface area contributed by atoms with Gasteiger partial charge in [-0.25, -0.2) is 0 Å². The van der Waals surface area contributed by atoms with E-state index in [1.165, 1.54) is 42.5 Å². The molecule has 0 saturated carbocycles. The minimum absolute atomic E-state index is 0.0456. The van der Waals surface area contributed by atoms with Crippen molar-refractivity contribution in [1.82, 2.24) is 0 Å². The van der Waals surface area contributed by atoms with Gasteiger partial charge in [0.25, 0.3) is 5.91 Å². The molecule has 0 aliphatic carbocycles. The van der Waals surface area contributed by atoms with E-state index in [2.05, 4.69) is 5.32 Å². The lowest BCUT2D eigenvalue weighted by atomic mass is 10.1. The zero-order valence-corrected chi connectivity index (χ0v) is 18.1. The van der Waals surface area contributed by atoms with Crippen LogP contribution in [-0.4, -0.2) is 14.3 Å². The van der Waals surface area contributed by atoms with Crippen molar-refractivity contribution in [3.05, 3.63) is 94.0 Å². The van der Waals surface area contributed by atoms with Gasteiger partial charge in [-0.05, 0) is 48.5 Å². The summed E-state index contributed by atoms with van der Waals surface area (Å²) in [5.41, 5.74) is 0.302. The first-order chi connectivity index (χ1) is 14.8. The summed E-state index contributed by atoms with van der Waals surface area (Å²) >= 11 is 11.8. The fourth-order valence-electron chi connectivity index (χ4n) is 2.50.